The lowest BCUT2D eigenvalue weighted by molar-refractivity contribution is 0.773. The molecule has 0 aliphatic carbocycles. The van der Waals surface area contributed by atoms with Gasteiger partial charge in [0.25, 0.3) is 0 Å². The molecule has 1 atom stereocenters. The van der Waals surface area contributed by atoms with Gasteiger partial charge in [0.1, 0.15) is 11.6 Å². The first-order valence-corrected chi connectivity index (χ1v) is 6.08. The maximum atomic E-state index is 4.41. The number of alkyl halides is 1. The molecule has 0 saturated heterocycles. The molecule has 0 aliphatic rings. The van der Waals surface area contributed by atoms with Crippen LogP contribution in [0.1, 0.15) is 24.9 Å². The van der Waals surface area contributed by atoms with Gasteiger partial charge in [-0.25, -0.2) is 9.97 Å². The molecule has 0 aliphatic heterocycles. The van der Waals surface area contributed by atoms with Crippen molar-refractivity contribution < 1.29 is 0 Å². The van der Waals surface area contributed by atoms with Gasteiger partial charge in [0.2, 0.25) is 0 Å². The molecule has 1 rings (SSSR count). The number of anilines is 1. The molecular weight excluding hydrogens is 254 g/mol. The minimum atomic E-state index is 0.545. The molecule has 1 aromatic rings. The number of hydrogen-bond acceptors (Lipinski definition) is 3. The predicted molar refractivity (Wildman–Crippen MR) is 67.8 cm³/mol. The highest BCUT2D eigenvalue weighted by atomic mass is 79.9. The summed E-state index contributed by atoms with van der Waals surface area (Å²) in [5.41, 5.74) is 1.02. The van der Waals surface area contributed by atoms with E-state index in [4.69, 9.17) is 0 Å². The summed E-state index contributed by atoms with van der Waals surface area (Å²) >= 11 is 3.54. The molecular formula is C11H18BrN3. The second-order valence-corrected chi connectivity index (χ2v) is 5.47. The molecule has 0 aromatic carbocycles. The summed E-state index contributed by atoms with van der Waals surface area (Å²) < 4.78 is 0. The van der Waals surface area contributed by atoms with Gasteiger partial charge in [0, 0.05) is 30.2 Å². The molecule has 0 bridgehead atoms. The summed E-state index contributed by atoms with van der Waals surface area (Å²) in [4.78, 5) is 11.4. The Labute approximate surface area is 100 Å². The molecule has 0 radical (unpaired) electrons. The van der Waals surface area contributed by atoms with Crippen molar-refractivity contribution in [1.29, 1.82) is 0 Å². The predicted octanol–water partition coefficient (Wildman–Crippen LogP) is 2.70. The van der Waals surface area contributed by atoms with Crippen molar-refractivity contribution in [2.24, 2.45) is 0 Å². The quantitative estimate of drug-likeness (QED) is 0.789. The minimum Gasteiger partial charge on any atom is -0.360 e. The Kier molecular flexibility index (Phi) is 4.51. The van der Waals surface area contributed by atoms with Crippen LogP contribution in [0.15, 0.2) is 6.07 Å². The third-order valence-corrected chi connectivity index (χ3v) is 2.66. The van der Waals surface area contributed by atoms with Crippen LogP contribution in [0.4, 0.5) is 5.82 Å². The van der Waals surface area contributed by atoms with Crippen LogP contribution in [0.3, 0.4) is 0 Å². The molecule has 1 unspecified atom stereocenters. The van der Waals surface area contributed by atoms with E-state index in [1.165, 1.54) is 0 Å². The average Bonchev–Trinajstić information content (AvgIpc) is 2.12. The molecule has 15 heavy (non-hydrogen) atoms. The first kappa shape index (κ1) is 12.4. The van der Waals surface area contributed by atoms with Crippen LogP contribution in [0.5, 0.6) is 0 Å². The number of aromatic nitrogens is 2. The second kappa shape index (κ2) is 5.45. The highest BCUT2D eigenvalue weighted by Crippen LogP contribution is 2.12. The van der Waals surface area contributed by atoms with Gasteiger partial charge in [-0.3, -0.25) is 0 Å². The van der Waals surface area contributed by atoms with Crippen LogP contribution < -0.4 is 4.90 Å². The zero-order valence-corrected chi connectivity index (χ0v) is 11.4. The van der Waals surface area contributed by atoms with E-state index in [0.717, 1.165) is 30.3 Å². The zero-order valence-electron chi connectivity index (χ0n) is 9.79. The van der Waals surface area contributed by atoms with Crippen LogP contribution in [0.25, 0.3) is 0 Å². The van der Waals surface area contributed by atoms with Gasteiger partial charge in [-0.1, -0.05) is 22.9 Å². The Morgan fingerprint density at radius 3 is 2.60 bits per heavy atom. The molecule has 3 nitrogen and oxygen atoms in total. The first-order chi connectivity index (χ1) is 6.99. The van der Waals surface area contributed by atoms with E-state index < -0.39 is 0 Å². The molecule has 0 spiro atoms. The topological polar surface area (TPSA) is 29.0 Å². The molecule has 0 fully saturated rings. The molecule has 4 heteroatoms. The number of halogens is 1. The Bertz CT molecular complexity index is 305. The summed E-state index contributed by atoms with van der Waals surface area (Å²) in [6.45, 7) is 7.09. The monoisotopic (exact) mass is 271 g/mol. The number of rotatable bonds is 4. The van der Waals surface area contributed by atoms with Crippen molar-refractivity contribution in [3.63, 3.8) is 0 Å². The summed E-state index contributed by atoms with van der Waals surface area (Å²) in [7, 11) is 2.07. The van der Waals surface area contributed by atoms with Crippen molar-refractivity contribution in [3.8, 4) is 0 Å². The molecule has 0 amide bonds. The van der Waals surface area contributed by atoms with E-state index in [1.807, 2.05) is 19.9 Å². The van der Waals surface area contributed by atoms with Gasteiger partial charge >= 0.3 is 0 Å². The van der Waals surface area contributed by atoms with Crippen LogP contribution in [0.2, 0.25) is 0 Å². The summed E-state index contributed by atoms with van der Waals surface area (Å²) in [6.07, 6.45) is 1.11. The molecule has 1 aromatic heterocycles. The van der Waals surface area contributed by atoms with Crippen LogP contribution >= 0.6 is 15.9 Å². The van der Waals surface area contributed by atoms with Crippen molar-refractivity contribution >= 4 is 21.7 Å². The zero-order chi connectivity index (χ0) is 11.4. The van der Waals surface area contributed by atoms with Gasteiger partial charge in [-0.2, -0.15) is 0 Å². The molecule has 0 saturated carbocycles. The number of nitrogens with zero attached hydrogens (tertiary/aromatic N) is 3. The maximum absolute atomic E-state index is 4.41. The van der Waals surface area contributed by atoms with Gasteiger partial charge in [-0.05, 0) is 20.3 Å². The Balaban J connectivity index is 2.68. The molecule has 1 heterocycles. The largest absolute Gasteiger partial charge is 0.360 e. The Morgan fingerprint density at radius 2 is 2.07 bits per heavy atom. The van der Waals surface area contributed by atoms with Crippen LogP contribution in [-0.4, -0.2) is 28.4 Å². The lowest BCUT2D eigenvalue weighted by Gasteiger charge is -2.19. The van der Waals surface area contributed by atoms with Crippen molar-refractivity contribution in [2.75, 3.05) is 18.5 Å². The maximum Gasteiger partial charge on any atom is 0.132 e. The fourth-order valence-corrected chi connectivity index (χ4v) is 1.58. The van der Waals surface area contributed by atoms with Gasteiger partial charge in [0.15, 0.2) is 0 Å². The van der Waals surface area contributed by atoms with Gasteiger partial charge < -0.3 is 4.90 Å². The summed E-state index contributed by atoms with van der Waals surface area (Å²) in [6, 6.07) is 2.02. The minimum absolute atomic E-state index is 0.545. The Hall–Kier alpha value is -0.640. The number of aryl methyl sites for hydroxylation is 2. The van der Waals surface area contributed by atoms with Crippen LogP contribution in [-0.2, 0) is 0 Å². The van der Waals surface area contributed by atoms with Gasteiger partial charge in [-0.15, -0.1) is 0 Å². The fraction of sp³-hybridized carbons (Fsp3) is 0.636. The normalized spacial score (nSPS) is 12.6. The molecule has 84 valence electrons. The van der Waals surface area contributed by atoms with E-state index in [2.05, 4.69) is 44.8 Å². The van der Waals surface area contributed by atoms with E-state index in [9.17, 15) is 0 Å². The standard InChI is InChI=1S/C11H18BrN3/c1-8(12)5-6-15(4)11-7-9(2)13-10(3)14-11/h7-8H,5-6H2,1-4H3. The van der Waals surface area contributed by atoms with Crippen molar-refractivity contribution in [2.45, 2.75) is 32.0 Å². The highest BCUT2D eigenvalue weighted by molar-refractivity contribution is 9.09. The fourth-order valence-electron chi connectivity index (χ4n) is 1.38. The Morgan fingerprint density at radius 1 is 1.40 bits per heavy atom. The highest BCUT2D eigenvalue weighted by Gasteiger charge is 2.05. The van der Waals surface area contributed by atoms with Crippen molar-refractivity contribution in [3.05, 3.63) is 17.6 Å². The first-order valence-electron chi connectivity index (χ1n) is 5.16. The van der Waals surface area contributed by atoms with E-state index in [-0.39, 0.29) is 0 Å². The van der Waals surface area contributed by atoms with E-state index in [0.29, 0.717) is 4.83 Å². The van der Waals surface area contributed by atoms with Crippen LogP contribution in [0, 0.1) is 13.8 Å². The lowest BCUT2D eigenvalue weighted by Crippen LogP contribution is -2.22. The van der Waals surface area contributed by atoms with E-state index >= 15 is 0 Å². The lowest BCUT2D eigenvalue weighted by atomic mass is 10.3. The van der Waals surface area contributed by atoms with Gasteiger partial charge in [0.05, 0.1) is 0 Å². The third-order valence-electron chi connectivity index (χ3n) is 2.21. The summed E-state index contributed by atoms with van der Waals surface area (Å²) in [5.74, 6) is 1.84. The smallest absolute Gasteiger partial charge is 0.132 e. The number of hydrogen-bond donors (Lipinski definition) is 0. The molecule has 0 N–H and O–H groups in total. The SMILES string of the molecule is Cc1cc(N(C)CCC(C)Br)nc(C)n1. The summed E-state index contributed by atoms with van der Waals surface area (Å²) in [5, 5.41) is 0. The van der Waals surface area contributed by atoms with Crippen molar-refractivity contribution in [1.82, 2.24) is 9.97 Å². The average molecular weight is 272 g/mol. The second-order valence-electron chi connectivity index (χ2n) is 3.91. The third kappa shape index (κ3) is 4.16. The van der Waals surface area contributed by atoms with E-state index in [1.54, 1.807) is 0 Å².